The van der Waals surface area contributed by atoms with E-state index in [2.05, 4.69) is 89.0 Å². The molecule has 113 heavy (non-hydrogen) atoms. The van der Waals surface area contributed by atoms with Crippen molar-refractivity contribution in [2.45, 2.75) is 163 Å². The predicted octanol–water partition coefficient (Wildman–Crippen LogP) is 15.2. The summed E-state index contributed by atoms with van der Waals surface area (Å²) in [5.74, 6) is 1.07. The molecule has 32 heteroatoms. The third kappa shape index (κ3) is 19.6. The van der Waals surface area contributed by atoms with Crippen LogP contribution in [0.4, 0.5) is 19.4 Å². The Kier molecular flexibility index (Phi) is 28.8. The van der Waals surface area contributed by atoms with Crippen molar-refractivity contribution in [1.29, 1.82) is 0 Å². The van der Waals surface area contributed by atoms with Gasteiger partial charge in [0.15, 0.2) is 11.3 Å². The van der Waals surface area contributed by atoms with Gasteiger partial charge < -0.3 is 39.9 Å². The third-order valence-corrected chi connectivity index (χ3v) is 21.2. The largest absolute Gasteiger partial charge is 0.444 e. The van der Waals surface area contributed by atoms with Gasteiger partial charge in [-0.3, -0.25) is 38.7 Å². The van der Waals surface area contributed by atoms with Crippen molar-refractivity contribution in [2.75, 3.05) is 57.3 Å². The van der Waals surface area contributed by atoms with Crippen molar-refractivity contribution >= 4 is 114 Å². The quantitative estimate of drug-likeness (QED) is 0.0847. The van der Waals surface area contributed by atoms with E-state index >= 15 is 0 Å². The maximum Gasteiger partial charge on any atom is 0.410 e. The van der Waals surface area contributed by atoms with Gasteiger partial charge in [0.05, 0.1) is 67.1 Å². The van der Waals surface area contributed by atoms with E-state index < -0.39 is 33.8 Å². The molecule has 12 aliphatic rings. The molecule has 4 amide bonds. The van der Waals surface area contributed by atoms with Crippen LogP contribution in [0.25, 0.3) is 56.0 Å². The third-order valence-electron chi connectivity index (χ3n) is 20.6. The number of piperazine rings is 3. The Hall–Kier alpha value is -8.72. The summed E-state index contributed by atoms with van der Waals surface area (Å²) in [4.78, 5) is 121. The highest BCUT2D eigenvalue weighted by Gasteiger charge is 2.48. The number of H-pyrrole nitrogens is 1. The molecule has 1 aliphatic carbocycles. The lowest BCUT2D eigenvalue weighted by Crippen LogP contribution is -2.70. The minimum absolute atomic E-state index is 0. The number of pyridine rings is 4. The highest BCUT2D eigenvalue weighted by molar-refractivity contribution is 8.24. The van der Waals surface area contributed by atoms with Gasteiger partial charge in [-0.25, -0.2) is 42.3 Å². The number of nitrogens with zero attached hydrogens (tertiary/aromatic N) is 12. The summed E-state index contributed by atoms with van der Waals surface area (Å²) in [5, 5.41) is 4.34. The summed E-state index contributed by atoms with van der Waals surface area (Å²) in [6.07, 6.45) is 13.3. The number of nitrogens with one attached hydrogen (secondary N) is 3. The van der Waals surface area contributed by atoms with E-state index in [4.69, 9.17) is 32.9 Å². The Labute approximate surface area is 680 Å². The summed E-state index contributed by atoms with van der Waals surface area (Å²) >= 11 is 27.0. The molecule has 0 spiro atoms. The second kappa shape index (κ2) is 36.8. The predicted molar refractivity (Wildman–Crippen MR) is 445 cm³/mol. The summed E-state index contributed by atoms with van der Waals surface area (Å²) < 4.78 is 47.0. The van der Waals surface area contributed by atoms with Crippen LogP contribution in [-0.2, 0) is 23.7 Å². The molecule has 20 rings (SSSR count). The van der Waals surface area contributed by atoms with Gasteiger partial charge >= 0.3 is 22.7 Å². The zero-order valence-corrected chi connectivity index (χ0v) is 67.7. The maximum atomic E-state index is 14.9. The number of piperidine rings is 5. The maximum absolute atomic E-state index is 14.9. The van der Waals surface area contributed by atoms with Crippen LogP contribution in [0, 0.1) is 37.3 Å². The molecule has 6 aromatic heterocycles. The smallest absolute Gasteiger partial charge is 0.410 e. The molecule has 11 aliphatic heterocycles. The van der Waals surface area contributed by atoms with Crippen molar-refractivity contribution in [2.24, 2.45) is 11.8 Å². The molecule has 1 saturated carbocycles. The number of anilines is 1. The number of amides is 4. The topological polar surface area (TPSA) is 276 Å². The normalized spacial score (nSPS) is 20.5. The lowest BCUT2D eigenvalue weighted by atomic mass is 9.71. The van der Waals surface area contributed by atoms with Gasteiger partial charge in [-0.2, -0.15) is 4.98 Å². The van der Waals surface area contributed by atoms with Crippen molar-refractivity contribution in [3.63, 3.8) is 0 Å². The molecular weight excluding hydrogens is 1570 g/mol. The second-order valence-electron chi connectivity index (χ2n) is 30.2. The minimum atomic E-state index is -3.22. The number of fused-ring (bicyclic) bond motifs is 10. The van der Waals surface area contributed by atoms with Crippen LogP contribution < -0.4 is 32.5 Å². The van der Waals surface area contributed by atoms with Gasteiger partial charge in [0, 0.05) is 100 Å². The molecule has 8 bridgehead atoms. The number of carbonyl (C=O) groups is 4. The van der Waals surface area contributed by atoms with Gasteiger partial charge in [0.1, 0.15) is 23.1 Å². The fourth-order valence-electron chi connectivity index (χ4n) is 15.6. The number of hydrogen-bond acceptors (Lipinski definition) is 17. The van der Waals surface area contributed by atoms with Gasteiger partial charge in [-0.15, -0.1) is 0 Å². The molecule has 2 aromatic carbocycles. The van der Waals surface area contributed by atoms with Crippen molar-refractivity contribution in [1.82, 2.24) is 69.3 Å². The van der Waals surface area contributed by atoms with E-state index in [1.54, 1.807) is 60.9 Å². The molecule has 11 saturated heterocycles. The summed E-state index contributed by atoms with van der Waals surface area (Å²) in [6.45, 7) is 34.7. The molecular formula is C81H97Cl5F2N15O9P. The number of halogens is 7. The van der Waals surface area contributed by atoms with E-state index in [-0.39, 0.29) is 112 Å². The molecule has 604 valence electrons. The first-order valence-electron chi connectivity index (χ1n) is 36.7. The molecule has 6 unspecified atom stereocenters. The number of hydrogen-bond donors (Lipinski definition) is 3. The van der Waals surface area contributed by atoms with E-state index in [9.17, 15) is 46.9 Å². The monoisotopic (exact) mass is 1670 g/mol. The first kappa shape index (κ1) is 88.2. The van der Waals surface area contributed by atoms with Crippen LogP contribution in [0.15, 0.2) is 138 Å². The molecule has 12 fully saturated rings. The lowest BCUT2D eigenvalue weighted by Gasteiger charge is -2.56. The van der Waals surface area contributed by atoms with Crippen molar-refractivity contribution in [3.05, 3.63) is 199 Å². The second-order valence-corrected chi connectivity index (χ2v) is 37.7. The number of carbonyl (C=O) groups excluding carboxylic acids is 4. The molecule has 3 N–H and O–H groups in total. The summed E-state index contributed by atoms with van der Waals surface area (Å²) in [7, 11) is 0. The highest BCUT2D eigenvalue weighted by Crippen LogP contribution is 2.61. The Bertz CT molecular complexity index is 5080. The minimum Gasteiger partial charge on any atom is -0.444 e. The number of rotatable bonds is 10. The van der Waals surface area contributed by atoms with Gasteiger partial charge in [-0.1, -0.05) is 110 Å². The van der Waals surface area contributed by atoms with Crippen LogP contribution in [-0.4, -0.2) is 177 Å². The highest BCUT2D eigenvalue weighted by atomic mass is 36.0. The van der Waals surface area contributed by atoms with E-state index in [0.29, 0.717) is 71.2 Å². The molecule has 0 radical (unpaired) electrons. The SMILES string of the molecule is C.C.C=CC(=O)N1C2CC1CN(c1nc(=O)n(-c3c(C)ccnc3C(C)C)c3nc(-c4ccccc4F)c(Cl)cc13)C2.C=CC(=O)N1C2CNCC1C2.C=CC(=O)N1C2CNCC1C2.CC(C)(C)OC(=O)N1CC2CC(C2)C1.Cc1ccnc(C(C)C)c1-n1c(=O)[nH]c(=O)c2cc(Cl)c(-c3ccccc3F)nc21.O=P(Cl)(Cl)Cl. The fourth-order valence-corrected chi connectivity index (χ4v) is 16.1. The summed E-state index contributed by atoms with van der Waals surface area (Å²) in [5.41, 5.74) is 3.19. The first-order chi connectivity index (χ1) is 52.6. The number of aromatic amines is 1. The van der Waals surface area contributed by atoms with E-state index in [1.165, 1.54) is 71.2 Å². The first-order valence-corrected chi connectivity index (χ1v) is 41.8. The van der Waals surface area contributed by atoms with Crippen LogP contribution in [0.3, 0.4) is 0 Å². The summed E-state index contributed by atoms with van der Waals surface area (Å²) in [6, 6.07) is 20.8. The van der Waals surface area contributed by atoms with Gasteiger partial charge in [-0.05, 0) is 202 Å². The molecule has 24 nitrogen and oxygen atoms in total. The average molecular weight is 1670 g/mol. The Balaban J connectivity index is 0.000000174. The van der Waals surface area contributed by atoms with Crippen LogP contribution in [0.2, 0.25) is 10.0 Å². The number of aryl methyl sites for hydroxylation is 2. The average Bonchev–Trinajstić information content (AvgIpc) is 0.729. The zero-order valence-electron chi connectivity index (χ0n) is 63.0. The molecule has 8 aromatic rings. The van der Waals surface area contributed by atoms with Gasteiger partial charge in [0.25, 0.3) is 5.56 Å². The molecule has 6 atom stereocenters. The number of benzene rings is 2. The van der Waals surface area contributed by atoms with Crippen LogP contribution in [0.1, 0.15) is 130 Å². The van der Waals surface area contributed by atoms with Crippen LogP contribution in [0.5, 0.6) is 0 Å². The van der Waals surface area contributed by atoms with E-state index in [0.717, 1.165) is 74.3 Å². The molecule has 17 heterocycles. The van der Waals surface area contributed by atoms with Gasteiger partial charge in [0.2, 0.25) is 17.7 Å². The number of aromatic nitrogens is 8. The van der Waals surface area contributed by atoms with Crippen molar-refractivity contribution in [3.8, 4) is 33.9 Å². The Morgan fingerprint density at radius 3 is 1.37 bits per heavy atom. The standard InChI is InChI=1S/C30H28ClFN6O2.C22H18ClFN4O2.C11H19NO2.2C8H12N2O.2CH4.Cl3OP/c1-5-24(39)37-18-12-19(37)15-36(14-18)28-21-13-22(31)26(20-8-6-7-9-23(20)32)34-29(21)38(30(40)35-28)27-17(4)10-11-33-25(27)16(2)3;1-11(2)17-19(12(3)8-9-25-17)28-20-14(21(29)27-22(28)30)10-15(23)18(26-20)13-6-4-5-7-16(13)24;1-11(2,3)14-10(13)12-6-8-4-9(5-8)7-12;2*1-2-8(11)10-6-3-7(10)5-9-4-6;;;1-5(2,3)4/h5-11,13,16,18-19H,1,12,14-15H2,2-4H3;4-11H,1-3H3,(H,27,29,30);8-9H,4-7H2,1-3H3;2*2,6-7,9H,1,3-5H2;2*1H4;. The van der Waals surface area contributed by atoms with Crippen molar-refractivity contribution < 1.29 is 37.3 Å². The fraction of sp³-hybridized carbons (Fsp3) is 0.432. The lowest BCUT2D eigenvalue weighted by molar-refractivity contribution is -0.142. The number of ether oxygens (including phenoxy) is 1. The Morgan fingerprint density at radius 2 is 0.973 bits per heavy atom. The van der Waals surface area contributed by atoms with Crippen LogP contribution >= 0.6 is 62.1 Å². The van der Waals surface area contributed by atoms with E-state index in [1.807, 2.05) is 92.9 Å². The Morgan fingerprint density at radius 1 is 0.584 bits per heavy atom. The zero-order chi connectivity index (χ0) is 80.4.